The van der Waals surface area contributed by atoms with Gasteiger partial charge in [-0.15, -0.1) is 34.4 Å². The minimum atomic E-state index is -0.301. The Kier molecular flexibility index (Phi) is 4.61. The smallest absolute Gasteiger partial charge is 0.222 e. The molecule has 2 heterocycles. The van der Waals surface area contributed by atoms with Crippen LogP contribution >= 0.6 is 34.4 Å². The highest BCUT2D eigenvalue weighted by molar-refractivity contribution is 8.00. The number of benzene rings is 1. The Morgan fingerprint density at radius 2 is 2.09 bits per heavy atom. The molecular formula is C16H14N2OS3. The minimum absolute atomic E-state index is 0.287. The lowest BCUT2D eigenvalue weighted by molar-refractivity contribution is -0.117. The van der Waals surface area contributed by atoms with Crippen molar-refractivity contribution < 1.29 is 4.79 Å². The summed E-state index contributed by atoms with van der Waals surface area (Å²) >= 11 is 4.92. The van der Waals surface area contributed by atoms with Gasteiger partial charge in [0.25, 0.3) is 0 Å². The number of hydrogen-bond acceptors (Lipinski definition) is 5. The van der Waals surface area contributed by atoms with Gasteiger partial charge in [-0.25, -0.2) is 4.98 Å². The van der Waals surface area contributed by atoms with Gasteiger partial charge in [0.05, 0.1) is 16.3 Å². The van der Waals surface area contributed by atoms with E-state index in [1.54, 1.807) is 34.4 Å². The quantitative estimate of drug-likeness (QED) is 0.701. The fourth-order valence-corrected chi connectivity index (χ4v) is 5.03. The monoisotopic (exact) mass is 346 g/mol. The van der Waals surface area contributed by atoms with E-state index in [0.29, 0.717) is 0 Å². The summed E-state index contributed by atoms with van der Waals surface area (Å²) in [5, 5.41) is 3.05. The number of primary amides is 1. The van der Waals surface area contributed by atoms with Crippen LogP contribution in [0.4, 0.5) is 0 Å². The third-order valence-electron chi connectivity index (χ3n) is 3.09. The molecule has 6 heteroatoms. The van der Waals surface area contributed by atoms with Gasteiger partial charge in [0, 0.05) is 21.4 Å². The van der Waals surface area contributed by atoms with Crippen LogP contribution in [0.3, 0.4) is 0 Å². The number of carbonyl (C=O) groups is 1. The van der Waals surface area contributed by atoms with Crippen LogP contribution in [0.2, 0.25) is 0 Å². The van der Waals surface area contributed by atoms with Gasteiger partial charge in [0.1, 0.15) is 5.01 Å². The number of nitrogens with two attached hydrogens (primary N) is 1. The van der Waals surface area contributed by atoms with Crippen molar-refractivity contribution in [3.8, 4) is 21.8 Å². The molecule has 0 fully saturated rings. The maximum Gasteiger partial charge on any atom is 0.222 e. The summed E-state index contributed by atoms with van der Waals surface area (Å²) in [5.41, 5.74) is 8.49. The fraction of sp³-hybridized carbons (Fsp3) is 0.125. The molecule has 22 heavy (non-hydrogen) atoms. The average Bonchev–Trinajstić information content (AvgIpc) is 3.13. The molecule has 0 spiro atoms. The van der Waals surface area contributed by atoms with E-state index in [-0.39, 0.29) is 12.3 Å². The number of rotatable bonds is 5. The summed E-state index contributed by atoms with van der Waals surface area (Å²) in [4.78, 5) is 16.8. The van der Waals surface area contributed by atoms with Crippen LogP contribution in [0.15, 0.2) is 46.0 Å². The number of hydrogen-bond donors (Lipinski definition) is 1. The first kappa shape index (κ1) is 15.3. The highest BCUT2D eigenvalue weighted by atomic mass is 32.2. The summed E-state index contributed by atoms with van der Waals surface area (Å²) in [5.74, 6) is -0.301. The maximum atomic E-state index is 11.1. The van der Waals surface area contributed by atoms with Crippen LogP contribution in [0.25, 0.3) is 21.8 Å². The van der Waals surface area contributed by atoms with E-state index in [1.807, 2.05) is 30.5 Å². The summed E-state index contributed by atoms with van der Waals surface area (Å²) < 4.78 is 1.17. The third kappa shape index (κ3) is 3.24. The van der Waals surface area contributed by atoms with Gasteiger partial charge in [0.15, 0.2) is 0 Å². The number of thiazole rings is 1. The maximum absolute atomic E-state index is 11.1. The molecule has 2 N–H and O–H groups in total. The van der Waals surface area contributed by atoms with Gasteiger partial charge in [-0.1, -0.05) is 30.3 Å². The van der Waals surface area contributed by atoms with Crippen molar-refractivity contribution in [2.75, 3.05) is 6.26 Å². The second-order valence-electron chi connectivity index (χ2n) is 4.66. The number of nitrogens with zero attached hydrogens (tertiary/aromatic N) is 1. The van der Waals surface area contributed by atoms with Gasteiger partial charge in [0.2, 0.25) is 5.91 Å². The fourth-order valence-electron chi connectivity index (χ4n) is 2.12. The number of aromatic nitrogens is 1. The Morgan fingerprint density at radius 1 is 1.32 bits per heavy atom. The predicted octanol–water partition coefficient (Wildman–Crippen LogP) is 4.29. The summed E-state index contributed by atoms with van der Waals surface area (Å²) in [6.07, 6.45) is 2.32. The first-order valence-electron chi connectivity index (χ1n) is 6.63. The number of thiophene rings is 1. The van der Waals surface area contributed by atoms with Crippen molar-refractivity contribution >= 4 is 40.3 Å². The lowest BCUT2D eigenvalue weighted by atomic mass is 10.2. The normalized spacial score (nSPS) is 10.8. The van der Waals surface area contributed by atoms with E-state index in [9.17, 15) is 4.79 Å². The zero-order chi connectivity index (χ0) is 15.5. The second kappa shape index (κ2) is 6.64. The number of thioether (sulfide) groups is 1. The van der Waals surface area contributed by atoms with Crippen LogP contribution in [-0.2, 0) is 11.2 Å². The van der Waals surface area contributed by atoms with E-state index in [4.69, 9.17) is 10.7 Å². The summed E-state index contributed by atoms with van der Waals surface area (Å²) in [6, 6.07) is 12.2. The molecule has 0 unspecified atom stereocenters. The molecule has 0 radical (unpaired) electrons. The molecule has 3 rings (SSSR count). The molecule has 0 aliphatic carbocycles. The SMILES string of the molecule is CSc1sc(CC(N)=O)cc1-c1nc(-c2ccccc2)cs1. The zero-order valence-corrected chi connectivity index (χ0v) is 14.4. The van der Waals surface area contributed by atoms with Crippen molar-refractivity contribution in [2.45, 2.75) is 10.6 Å². The summed E-state index contributed by atoms with van der Waals surface area (Å²) in [6.45, 7) is 0. The van der Waals surface area contributed by atoms with Crippen LogP contribution in [0.5, 0.6) is 0 Å². The Bertz CT molecular complexity index is 793. The largest absolute Gasteiger partial charge is 0.369 e. The van der Waals surface area contributed by atoms with E-state index < -0.39 is 0 Å². The topological polar surface area (TPSA) is 56.0 Å². The predicted molar refractivity (Wildman–Crippen MR) is 95.5 cm³/mol. The third-order valence-corrected chi connectivity index (χ3v) is 6.23. The van der Waals surface area contributed by atoms with E-state index in [2.05, 4.69) is 17.5 Å². The molecule has 0 aliphatic rings. The molecule has 2 aromatic heterocycles. The van der Waals surface area contributed by atoms with Crippen molar-refractivity contribution in [3.05, 3.63) is 46.7 Å². The molecule has 0 saturated heterocycles. The van der Waals surface area contributed by atoms with E-state index in [1.165, 1.54) is 4.21 Å². The molecule has 0 saturated carbocycles. The van der Waals surface area contributed by atoms with Gasteiger partial charge < -0.3 is 5.73 Å². The van der Waals surface area contributed by atoms with Crippen LogP contribution in [0, 0.1) is 0 Å². The van der Waals surface area contributed by atoms with Gasteiger partial charge in [-0.3, -0.25) is 4.79 Å². The minimum Gasteiger partial charge on any atom is -0.369 e. The summed E-state index contributed by atoms with van der Waals surface area (Å²) in [7, 11) is 0. The highest BCUT2D eigenvalue weighted by Crippen LogP contribution is 2.40. The molecule has 112 valence electrons. The van der Waals surface area contributed by atoms with Crippen molar-refractivity contribution in [1.82, 2.24) is 4.98 Å². The molecule has 1 amide bonds. The first-order chi connectivity index (χ1) is 10.7. The zero-order valence-electron chi connectivity index (χ0n) is 11.9. The second-order valence-corrected chi connectivity index (χ2v) is 7.73. The first-order valence-corrected chi connectivity index (χ1v) is 9.56. The molecule has 3 aromatic rings. The lowest BCUT2D eigenvalue weighted by Crippen LogP contribution is -2.12. The van der Waals surface area contributed by atoms with Gasteiger partial charge >= 0.3 is 0 Å². The Balaban J connectivity index is 1.96. The number of carbonyl (C=O) groups excluding carboxylic acids is 1. The standard InChI is InChI=1S/C16H14N2OS3/c1-20-16-12(7-11(22-16)8-14(17)19)15-18-13(9-21-15)10-5-3-2-4-6-10/h2-7,9H,8H2,1H3,(H2,17,19). The molecule has 0 aliphatic heterocycles. The van der Waals surface area contributed by atoms with E-state index >= 15 is 0 Å². The van der Waals surface area contributed by atoms with Gasteiger partial charge in [-0.2, -0.15) is 0 Å². The highest BCUT2D eigenvalue weighted by Gasteiger charge is 2.15. The number of amides is 1. The molecule has 3 nitrogen and oxygen atoms in total. The Morgan fingerprint density at radius 3 is 2.77 bits per heavy atom. The van der Waals surface area contributed by atoms with Crippen molar-refractivity contribution in [3.63, 3.8) is 0 Å². The Hall–Kier alpha value is -1.63. The van der Waals surface area contributed by atoms with Crippen LogP contribution < -0.4 is 5.73 Å². The average molecular weight is 347 g/mol. The van der Waals surface area contributed by atoms with E-state index in [0.717, 1.165) is 26.7 Å². The molecule has 0 atom stereocenters. The van der Waals surface area contributed by atoms with Crippen molar-refractivity contribution in [2.24, 2.45) is 5.73 Å². The molecule has 0 bridgehead atoms. The molecular weight excluding hydrogens is 332 g/mol. The van der Waals surface area contributed by atoms with Gasteiger partial charge in [-0.05, 0) is 12.3 Å². The lowest BCUT2D eigenvalue weighted by Gasteiger charge is -1.96. The van der Waals surface area contributed by atoms with Crippen LogP contribution in [0.1, 0.15) is 4.88 Å². The molecule has 1 aromatic carbocycles. The van der Waals surface area contributed by atoms with Crippen LogP contribution in [-0.4, -0.2) is 17.1 Å². The van der Waals surface area contributed by atoms with Crippen molar-refractivity contribution in [1.29, 1.82) is 0 Å². The Labute approximate surface area is 141 Å².